The zero-order valence-electron chi connectivity index (χ0n) is 14.2. The average molecular weight is 330 g/mol. The van der Waals surface area contributed by atoms with Crippen LogP contribution in [0.1, 0.15) is 38.3 Å². The van der Waals surface area contributed by atoms with E-state index >= 15 is 0 Å². The second kappa shape index (κ2) is 6.91. The van der Waals surface area contributed by atoms with Crippen molar-refractivity contribution >= 4 is 12.1 Å². The summed E-state index contributed by atoms with van der Waals surface area (Å²) < 4.78 is 5.32. The molecule has 0 aliphatic carbocycles. The molecule has 1 aliphatic rings. The van der Waals surface area contributed by atoms with E-state index in [4.69, 9.17) is 10.00 Å². The van der Waals surface area contributed by atoms with Gasteiger partial charge in [0, 0.05) is 6.54 Å². The van der Waals surface area contributed by atoms with Crippen LogP contribution in [0.3, 0.4) is 0 Å². The normalized spacial score (nSPS) is 20.5. The maximum Gasteiger partial charge on any atom is 0.411 e. The maximum absolute atomic E-state index is 12.3. The molecule has 2 atom stereocenters. The van der Waals surface area contributed by atoms with Gasteiger partial charge in [-0.1, -0.05) is 12.1 Å². The van der Waals surface area contributed by atoms with Crippen LogP contribution in [0.15, 0.2) is 24.3 Å². The smallest absolute Gasteiger partial charge is 0.411 e. The standard InChI is InChI=1S/C18H22N2O4/c1-18(2,3)24-17(23)20-11-14(9-15(20)16(21)22)8-12-5-4-6-13(7-12)10-19/h4-7,14-15H,8-9,11H2,1-3H3,(H,21,22). The Labute approximate surface area is 141 Å². The first kappa shape index (κ1) is 17.8. The van der Waals surface area contributed by atoms with Gasteiger partial charge in [-0.2, -0.15) is 5.26 Å². The van der Waals surface area contributed by atoms with Crippen molar-refractivity contribution < 1.29 is 19.4 Å². The Bertz CT molecular complexity index is 672. The van der Waals surface area contributed by atoms with Crippen LogP contribution >= 0.6 is 0 Å². The van der Waals surface area contributed by atoms with Crippen molar-refractivity contribution in [1.29, 1.82) is 5.26 Å². The lowest BCUT2D eigenvalue weighted by Gasteiger charge is -2.26. The quantitative estimate of drug-likeness (QED) is 0.920. The maximum atomic E-state index is 12.3. The molecule has 1 heterocycles. The summed E-state index contributed by atoms with van der Waals surface area (Å²) in [5.41, 5.74) is 0.873. The Morgan fingerprint density at radius 3 is 2.71 bits per heavy atom. The zero-order chi connectivity index (χ0) is 17.9. The van der Waals surface area contributed by atoms with Crippen molar-refractivity contribution in [3.8, 4) is 6.07 Å². The van der Waals surface area contributed by atoms with Crippen molar-refractivity contribution in [1.82, 2.24) is 4.90 Å². The molecule has 1 fully saturated rings. The molecular formula is C18H22N2O4. The lowest BCUT2D eigenvalue weighted by molar-refractivity contribution is -0.142. The highest BCUT2D eigenvalue weighted by molar-refractivity contribution is 5.81. The second-order valence-corrected chi connectivity index (χ2v) is 7.10. The van der Waals surface area contributed by atoms with Gasteiger partial charge in [-0.25, -0.2) is 9.59 Å². The van der Waals surface area contributed by atoms with Crippen molar-refractivity contribution in [2.75, 3.05) is 6.54 Å². The van der Waals surface area contributed by atoms with Gasteiger partial charge in [0.2, 0.25) is 0 Å². The molecule has 128 valence electrons. The van der Waals surface area contributed by atoms with Gasteiger partial charge in [-0.05, 0) is 57.2 Å². The number of nitrogens with zero attached hydrogens (tertiary/aromatic N) is 2. The Balaban J connectivity index is 2.10. The highest BCUT2D eigenvalue weighted by Crippen LogP contribution is 2.28. The minimum absolute atomic E-state index is 0.0209. The first-order valence-corrected chi connectivity index (χ1v) is 7.91. The average Bonchev–Trinajstić information content (AvgIpc) is 2.90. The molecular weight excluding hydrogens is 308 g/mol. The number of amides is 1. The Morgan fingerprint density at radius 2 is 2.12 bits per heavy atom. The molecule has 1 aromatic rings. The molecule has 0 saturated carbocycles. The molecule has 0 aromatic heterocycles. The van der Waals surface area contributed by atoms with Crippen molar-refractivity contribution in [3.05, 3.63) is 35.4 Å². The molecule has 1 amide bonds. The van der Waals surface area contributed by atoms with E-state index in [1.54, 1.807) is 32.9 Å². The fourth-order valence-corrected chi connectivity index (χ4v) is 2.93. The summed E-state index contributed by atoms with van der Waals surface area (Å²) in [6.07, 6.45) is 0.410. The monoisotopic (exact) mass is 330 g/mol. The van der Waals surface area contributed by atoms with E-state index < -0.39 is 23.7 Å². The number of likely N-dealkylation sites (tertiary alicyclic amines) is 1. The number of carboxylic acid groups (broad SMARTS) is 1. The number of carbonyl (C=O) groups excluding carboxylic acids is 1. The summed E-state index contributed by atoms with van der Waals surface area (Å²) >= 11 is 0. The van der Waals surface area contributed by atoms with Crippen molar-refractivity contribution in [2.45, 2.75) is 45.3 Å². The summed E-state index contributed by atoms with van der Waals surface area (Å²) in [6, 6.07) is 8.47. The van der Waals surface area contributed by atoms with Crippen LogP contribution in [0.5, 0.6) is 0 Å². The number of benzene rings is 1. The van der Waals surface area contributed by atoms with Gasteiger partial charge in [0.25, 0.3) is 0 Å². The minimum Gasteiger partial charge on any atom is -0.480 e. The number of carboxylic acids is 1. The van der Waals surface area contributed by atoms with E-state index in [1.807, 2.05) is 12.1 Å². The van der Waals surface area contributed by atoms with Crippen LogP contribution in [0.2, 0.25) is 0 Å². The van der Waals surface area contributed by atoms with E-state index in [9.17, 15) is 14.7 Å². The van der Waals surface area contributed by atoms with Crippen LogP contribution in [-0.4, -0.2) is 40.3 Å². The number of nitriles is 1. The lowest BCUT2D eigenvalue weighted by atomic mass is 9.96. The van der Waals surface area contributed by atoms with Gasteiger partial charge < -0.3 is 9.84 Å². The fourth-order valence-electron chi connectivity index (χ4n) is 2.93. The lowest BCUT2D eigenvalue weighted by Crippen LogP contribution is -2.43. The molecule has 0 radical (unpaired) electrons. The van der Waals surface area contributed by atoms with Gasteiger partial charge in [-0.15, -0.1) is 0 Å². The Morgan fingerprint density at radius 1 is 1.42 bits per heavy atom. The highest BCUT2D eigenvalue weighted by atomic mass is 16.6. The highest BCUT2D eigenvalue weighted by Gasteiger charge is 2.41. The molecule has 0 spiro atoms. The van der Waals surface area contributed by atoms with Gasteiger partial charge in [-0.3, -0.25) is 4.90 Å². The van der Waals surface area contributed by atoms with E-state index in [0.717, 1.165) is 5.56 Å². The fraction of sp³-hybridized carbons (Fsp3) is 0.500. The molecule has 6 heteroatoms. The van der Waals surface area contributed by atoms with Crippen molar-refractivity contribution in [3.63, 3.8) is 0 Å². The topological polar surface area (TPSA) is 90.6 Å². The number of hydrogen-bond acceptors (Lipinski definition) is 4. The second-order valence-electron chi connectivity index (χ2n) is 7.10. The molecule has 1 aromatic carbocycles. The first-order chi connectivity index (χ1) is 11.2. The SMILES string of the molecule is CC(C)(C)OC(=O)N1CC(Cc2cccc(C#N)c2)CC1C(=O)O. The molecule has 1 aliphatic heterocycles. The number of aliphatic carboxylic acids is 1. The van der Waals surface area contributed by atoms with E-state index in [-0.39, 0.29) is 5.92 Å². The molecule has 0 bridgehead atoms. The van der Waals surface area contributed by atoms with Gasteiger partial charge in [0.1, 0.15) is 11.6 Å². The van der Waals surface area contributed by atoms with Gasteiger partial charge in [0.05, 0.1) is 11.6 Å². The van der Waals surface area contributed by atoms with Crippen LogP contribution in [0.4, 0.5) is 4.79 Å². The number of ether oxygens (including phenoxy) is 1. The molecule has 2 unspecified atom stereocenters. The predicted molar refractivity (Wildman–Crippen MR) is 87.3 cm³/mol. The zero-order valence-corrected chi connectivity index (χ0v) is 14.2. The van der Waals surface area contributed by atoms with Gasteiger partial charge >= 0.3 is 12.1 Å². The summed E-state index contributed by atoms with van der Waals surface area (Å²) in [7, 11) is 0. The Hall–Kier alpha value is -2.55. The van der Waals surface area contributed by atoms with Crippen LogP contribution < -0.4 is 0 Å². The van der Waals surface area contributed by atoms with Gasteiger partial charge in [0.15, 0.2) is 0 Å². The third-order valence-corrected chi connectivity index (χ3v) is 3.88. The molecule has 24 heavy (non-hydrogen) atoms. The number of rotatable bonds is 3. The van der Waals surface area contributed by atoms with Crippen molar-refractivity contribution in [2.24, 2.45) is 5.92 Å². The summed E-state index contributed by atoms with van der Waals surface area (Å²) in [5.74, 6) is -0.998. The molecule has 1 N–H and O–H groups in total. The summed E-state index contributed by atoms with van der Waals surface area (Å²) in [6.45, 7) is 5.59. The predicted octanol–water partition coefficient (Wildman–Crippen LogP) is 2.81. The van der Waals surface area contributed by atoms with Crippen LogP contribution in [0, 0.1) is 17.2 Å². The van der Waals surface area contributed by atoms with E-state index in [0.29, 0.717) is 24.9 Å². The Kier molecular flexibility index (Phi) is 5.13. The molecule has 2 rings (SSSR count). The van der Waals surface area contributed by atoms with E-state index in [1.165, 1.54) is 4.90 Å². The van der Waals surface area contributed by atoms with Crippen LogP contribution in [-0.2, 0) is 16.0 Å². The third kappa shape index (κ3) is 4.48. The van der Waals surface area contributed by atoms with E-state index in [2.05, 4.69) is 6.07 Å². The minimum atomic E-state index is -1.02. The summed E-state index contributed by atoms with van der Waals surface area (Å²) in [5, 5.41) is 18.4. The number of carbonyl (C=O) groups is 2. The van der Waals surface area contributed by atoms with Crippen LogP contribution in [0.25, 0.3) is 0 Å². The molecule has 1 saturated heterocycles. The third-order valence-electron chi connectivity index (χ3n) is 3.88. The summed E-state index contributed by atoms with van der Waals surface area (Å²) in [4.78, 5) is 25.1. The first-order valence-electron chi connectivity index (χ1n) is 7.91. The largest absolute Gasteiger partial charge is 0.480 e. The molecule has 6 nitrogen and oxygen atoms in total. The number of hydrogen-bond donors (Lipinski definition) is 1.